The van der Waals surface area contributed by atoms with Gasteiger partial charge in [-0.15, -0.1) is 11.3 Å². The van der Waals surface area contributed by atoms with Gasteiger partial charge in [-0.05, 0) is 31.2 Å². The molecule has 108 valence electrons. The summed E-state index contributed by atoms with van der Waals surface area (Å²) >= 11 is 1.48. The molecule has 1 aromatic heterocycles. The molecule has 4 nitrogen and oxygen atoms in total. The summed E-state index contributed by atoms with van der Waals surface area (Å²) in [5, 5.41) is 10.9. The number of nitrogens with zero attached hydrogens (tertiary/aromatic N) is 1. The summed E-state index contributed by atoms with van der Waals surface area (Å²) in [4.78, 5) is 15.2. The Morgan fingerprint density at radius 1 is 1.60 bits per heavy atom. The van der Waals surface area contributed by atoms with Crippen molar-refractivity contribution < 1.29 is 9.90 Å². The molecule has 1 atom stereocenters. The van der Waals surface area contributed by atoms with Gasteiger partial charge in [0.2, 0.25) is 0 Å². The fraction of sp³-hybridized carbons (Fsp3) is 0.533. The molecule has 5 heteroatoms. The molecular formula is C15H20N2O2S. The number of rotatable bonds is 3. The lowest BCUT2D eigenvalue weighted by molar-refractivity contribution is 0.0654. The summed E-state index contributed by atoms with van der Waals surface area (Å²) in [5.41, 5.74) is 6.05. The van der Waals surface area contributed by atoms with Crippen molar-refractivity contribution in [2.45, 2.75) is 19.3 Å². The van der Waals surface area contributed by atoms with Crippen LogP contribution in [0.3, 0.4) is 0 Å². The first-order valence-corrected chi connectivity index (χ1v) is 7.80. The zero-order chi connectivity index (χ0) is 14.4. The third-order valence-electron chi connectivity index (χ3n) is 3.50. The van der Waals surface area contributed by atoms with Crippen LogP contribution in [0.2, 0.25) is 0 Å². The number of carbonyl (C=O) groups excluding carboxylic acids is 1. The number of piperidine rings is 1. The molecule has 20 heavy (non-hydrogen) atoms. The molecular weight excluding hydrogens is 272 g/mol. The van der Waals surface area contributed by atoms with Crippen LogP contribution in [0.1, 0.15) is 34.5 Å². The van der Waals surface area contributed by atoms with E-state index in [1.807, 2.05) is 16.3 Å². The molecule has 2 rings (SSSR count). The molecule has 0 radical (unpaired) electrons. The summed E-state index contributed by atoms with van der Waals surface area (Å²) in [6, 6.07) is 1.84. The van der Waals surface area contributed by atoms with Crippen LogP contribution in [0, 0.1) is 17.8 Å². The predicted octanol–water partition coefficient (Wildman–Crippen LogP) is 1.29. The Labute approximate surface area is 123 Å². The van der Waals surface area contributed by atoms with Gasteiger partial charge in [-0.25, -0.2) is 0 Å². The van der Waals surface area contributed by atoms with E-state index in [9.17, 15) is 4.79 Å². The topological polar surface area (TPSA) is 66.6 Å². The number of hydrogen-bond donors (Lipinski definition) is 2. The van der Waals surface area contributed by atoms with E-state index in [2.05, 4.69) is 11.8 Å². The fourth-order valence-electron chi connectivity index (χ4n) is 2.50. The van der Waals surface area contributed by atoms with Crippen LogP contribution in [-0.2, 0) is 0 Å². The lowest BCUT2D eigenvalue weighted by Gasteiger charge is -2.32. The first-order chi connectivity index (χ1) is 9.74. The van der Waals surface area contributed by atoms with Crippen LogP contribution in [0.5, 0.6) is 0 Å². The number of aliphatic hydroxyl groups excluding tert-OH is 1. The van der Waals surface area contributed by atoms with Gasteiger partial charge in [-0.1, -0.05) is 11.8 Å². The molecule has 1 aliphatic heterocycles. The standard InChI is InChI=1S/C15H20N2O2S/c16-6-1-4-14-9-13(11-20-14)15(19)17-7-2-3-12(10-17)5-8-18/h9,11-12,18H,2-3,5-8,10,16H2. The van der Waals surface area contributed by atoms with Gasteiger partial charge in [0.05, 0.1) is 17.0 Å². The highest BCUT2D eigenvalue weighted by Gasteiger charge is 2.24. The lowest BCUT2D eigenvalue weighted by Crippen LogP contribution is -2.40. The summed E-state index contributed by atoms with van der Waals surface area (Å²) in [6.07, 6.45) is 2.89. The summed E-state index contributed by atoms with van der Waals surface area (Å²) in [6.45, 7) is 2.08. The first-order valence-electron chi connectivity index (χ1n) is 6.92. The Kier molecular flexibility index (Phi) is 5.60. The maximum Gasteiger partial charge on any atom is 0.254 e. The van der Waals surface area contributed by atoms with Crippen LogP contribution in [-0.4, -0.2) is 42.2 Å². The predicted molar refractivity (Wildman–Crippen MR) is 80.6 cm³/mol. The highest BCUT2D eigenvalue weighted by atomic mass is 32.1. The van der Waals surface area contributed by atoms with E-state index >= 15 is 0 Å². The maximum absolute atomic E-state index is 12.4. The first kappa shape index (κ1) is 15.0. The lowest BCUT2D eigenvalue weighted by atomic mass is 9.95. The monoisotopic (exact) mass is 292 g/mol. The normalized spacial score (nSPS) is 18.5. The van der Waals surface area contributed by atoms with Crippen molar-refractivity contribution in [3.8, 4) is 11.8 Å². The highest BCUT2D eigenvalue weighted by Crippen LogP contribution is 2.22. The SMILES string of the molecule is NCC#Cc1cc(C(=O)N2CCCC(CCO)C2)cs1. The minimum atomic E-state index is 0.0738. The second-order valence-corrected chi connectivity index (χ2v) is 5.89. The number of thiophene rings is 1. The molecule has 1 saturated heterocycles. The van der Waals surface area contributed by atoms with Gasteiger partial charge in [-0.3, -0.25) is 4.79 Å². The molecule has 1 aliphatic rings. The Balaban J connectivity index is 2.01. The summed E-state index contributed by atoms with van der Waals surface area (Å²) in [7, 11) is 0. The van der Waals surface area contributed by atoms with Gasteiger partial charge >= 0.3 is 0 Å². The number of hydrogen-bond acceptors (Lipinski definition) is 4. The summed E-state index contributed by atoms with van der Waals surface area (Å²) in [5.74, 6) is 6.24. The molecule has 1 unspecified atom stereocenters. The van der Waals surface area contributed by atoms with Crippen molar-refractivity contribution in [1.29, 1.82) is 0 Å². The van der Waals surface area contributed by atoms with E-state index in [1.54, 1.807) is 0 Å². The average Bonchev–Trinajstić information content (AvgIpc) is 2.94. The van der Waals surface area contributed by atoms with Crippen molar-refractivity contribution in [2.75, 3.05) is 26.2 Å². The molecule has 1 fully saturated rings. The number of carbonyl (C=O) groups is 1. The Morgan fingerprint density at radius 3 is 3.20 bits per heavy atom. The van der Waals surface area contributed by atoms with E-state index in [0.29, 0.717) is 18.0 Å². The smallest absolute Gasteiger partial charge is 0.254 e. The van der Waals surface area contributed by atoms with E-state index in [1.165, 1.54) is 11.3 Å². The van der Waals surface area contributed by atoms with E-state index in [-0.39, 0.29) is 12.5 Å². The number of likely N-dealkylation sites (tertiary alicyclic amines) is 1. The van der Waals surface area contributed by atoms with Crippen LogP contribution in [0.4, 0.5) is 0 Å². The zero-order valence-corrected chi connectivity index (χ0v) is 12.3. The highest BCUT2D eigenvalue weighted by molar-refractivity contribution is 7.10. The Hall–Kier alpha value is -1.35. The third-order valence-corrected chi connectivity index (χ3v) is 4.35. The van der Waals surface area contributed by atoms with Gasteiger partial charge in [0.1, 0.15) is 0 Å². The average molecular weight is 292 g/mol. The molecule has 0 bridgehead atoms. The second-order valence-electron chi connectivity index (χ2n) is 4.98. The minimum Gasteiger partial charge on any atom is -0.396 e. The van der Waals surface area contributed by atoms with Crippen LogP contribution < -0.4 is 5.73 Å². The Morgan fingerprint density at radius 2 is 2.45 bits per heavy atom. The van der Waals surface area contributed by atoms with E-state index in [4.69, 9.17) is 10.8 Å². The number of nitrogens with two attached hydrogens (primary N) is 1. The quantitative estimate of drug-likeness (QED) is 0.825. The molecule has 1 aromatic rings. The second kappa shape index (κ2) is 7.44. The molecule has 2 heterocycles. The number of aliphatic hydroxyl groups is 1. The van der Waals surface area contributed by atoms with Crippen molar-refractivity contribution in [3.63, 3.8) is 0 Å². The fourth-order valence-corrected chi connectivity index (χ4v) is 3.25. The van der Waals surface area contributed by atoms with Gasteiger partial charge in [-0.2, -0.15) is 0 Å². The molecule has 3 N–H and O–H groups in total. The van der Waals surface area contributed by atoms with Crippen molar-refractivity contribution in [1.82, 2.24) is 4.90 Å². The largest absolute Gasteiger partial charge is 0.396 e. The molecule has 0 saturated carbocycles. The van der Waals surface area contributed by atoms with Crippen LogP contribution >= 0.6 is 11.3 Å². The minimum absolute atomic E-state index is 0.0738. The van der Waals surface area contributed by atoms with Crippen molar-refractivity contribution >= 4 is 17.2 Å². The maximum atomic E-state index is 12.4. The Bertz CT molecular complexity index is 513. The van der Waals surface area contributed by atoms with Crippen molar-refractivity contribution in [3.05, 3.63) is 21.9 Å². The van der Waals surface area contributed by atoms with Gasteiger partial charge in [0, 0.05) is 25.1 Å². The third kappa shape index (κ3) is 3.83. The van der Waals surface area contributed by atoms with Crippen LogP contribution in [0.25, 0.3) is 0 Å². The summed E-state index contributed by atoms with van der Waals surface area (Å²) < 4.78 is 0. The van der Waals surface area contributed by atoms with E-state index in [0.717, 1.165) is 37.2 Å². The molecule has 0 spiro atoms. The van der Waals surface area contributed by atoms with Crippen LogP contribution in [0.15, 0.2) is 11.4 Å². The van der Waals surface area contributed by atoms with Gasteiger partial charge < -0.3 is 15.7 Å². The molecule has 0 aliphatic carbocycles. The zero-order valence-electron chi connectivity index (χ0n) is 11.5. The van der Waals surface area contributed by atoms with Gasteiger partial charge in [0.15, 0.2) is 0 Å². The molecule has 1 amide bonds. The van der Waals surface area contributed by atoms with Gasteiger partial charge in [0.25, 0.3) is 5.91 Å². The molecule has 0 aromatic carbocycles. The van der Waals surface area contributed by atoms with Crippen molar-refractivity contribution in [2.24, 2.45) is 11.7 Å². The van der Waals surface area contributed by atoms with E-state index < -0.39 is 0 Å². The number of amides is 1.